The Morgan fingerprint density at radius 3 is 2.84 bits per heavy atom. The van der Waals surface area contributed by atoms with Gasteiger partial charge in [-0.05, 0) is 32.9 Å². The van der Waals surface area contributed by atoms with E-state index < -0.39 is 0 Å². The highest BCUT2D eigenvalue weighted by Gasteiger charge is 2.31. The first-order valence-electron chi connectivity index (χ1n) is 7.26. The van der Waals surface area contributed by atoms with Gasteiger partial charge in [0.15, 0.2) is 0 Å². The van der Waals surface area contributed by atoms with E-state index in [2.05, 4.69) is 37.4 Å². The SMILES string of the molecule is CCCOc1ccccc1C(NC)C1COC(C)C1. The normalized spacial score (nSPS) is 24.4. The van der Waals surface area contributed by atoms with Crippen LogP contribution in [0.25, 0.3) is 0 Å². The van der Waals surface area contributed by atoms with Crippen molar-refractivity contribution < 1.29 is 9.47 Å². The van der Waals surface area contributed by atoms with Gasteiger partial charge in [-0.2, -0.15) is 0 Å². The molecule has 3 unspecified atom stereocenters. The molecule has 2 rings (SSSR count). The maximum Gasteiger partial charge on any atom is 0.124 e. The Morgan fingerprint density at radius 2 is 2.21 bits per heavy atom. The van der Waals surface area contributed by atoms with Crippen LogP contribution in [0.5, 0.6) is 5.75 Å². The first-order valence-corrected chi connectivity index (χ1v) is 7.26. The minimum absolute atomic E-state index is 0.304. The summed E-state index contributed by atoms with van der Waals surface area (Å²) in [7, 11) is 2.02. The van der Waals surface area contributed by atoms with Crippen molar-refractivity contribution in [1.82, 2.24) is 5.32 Å². The standard InChI is InChI=1S/C16H25NO2/c1-4-9-18-15-8-6-5-7-14(15)16(17-3)13-10-12(2)19-11-13/h5-8,12-13,16-17H,4,9-11H2,1-3H3. The molecule has 0 radical (unpaired) electrons. The van der Waals surface area contributed by atoms with E-state index in [0.717, 1.165) is 31.8 Å². The largest absolute Gasteiger partial charge is 0.493 e. The van der Waals surface area contributed by atoms with Gasteiger partial charge >= 0.3 is 0 Å². The lowest BCUT2D eigenvalue weighted by Crippen LogP contribution is -2.26. The van der Waals surface area contributed by atoms with Crippen LogP contribution in [0.3, 0.4) is 0 Å². The van der Waals surface area contributed by atoms with Crippen LogP contribution in [-0.2, 0) is 4.74 Å². The van der Waals surface area contributed by atoms with Crippen molar-refractivity contribution in [2.75, 3.05) is 20.3 Å². The molecule has 3 nitrogen and oxygen atoms in total. The summed E-state index contributed by atoms with van der Waals surface area (Å²) in [4.78, 5) is 0. The predicted molar refractivity (Wildman–Crippen MR) is 77.5 cm³/mol. The van der Waals surface area contributed by atoms with Crippen molar-refractivity contribution in [3.8, 4) is 5.75 Å². The quantitative estimate of drug-likeness (QED) is 0.855. The summed E-state index contributed by atoms with van der Waals surface area (Å²) in [6, 6.07) is 8.65. The highest BCUT2D eigenvalue weighted by atomic mass is 16.5. The second-order valence-electron chi connectivity index (χ2n) is 5.29. The van der Waals surface area contributed by atoms with Crippen LogP contribution in [0.15, 0.2) is 24.3 Å². The molecule has 1 aliphatic heterocycles. The molecule has 3 heteroatoms. The molecule has 19 heavy (non-hydrogen) atoms. The molecule has 3 atom stereocenters. The molecule has 1 aromatic rings. The fraction of sp³-hybridized carbons (Fsp3) is 0.625. The van der Waals surface area contributed by atoms with Crippen molar-refractivity contribution >= 4 is 0 Å². The minimum atomic E-state index is 0.304. The van der Waals surface area contributed by atoms with Crippen molar-refractivity contribution in [2.24, 2.45) is 5.92 Å². The maximum absolute atomic E-state index is 5.87. The van der Waals surface area contributed by atoms with Gasteiger partial charge in [0, 0.05) is 17.5 Å². The molecule has 1 fully saturated rings. The second-order valence-corrected chi connectivity index (χ2v) is 5.29. The number of benzene rings is 1. The average Bonchev–Trinajstić information content (AvgIpc) is 2.85. The summed E-state index contributed by atoms with van der Waals surface area (Å²) in [5.74, 6) is 1.52. The molecule has 0 aliphatic carbocycles. The topological polar surface area (TPSA) is 30.5 Å². The fourth-order valence-electron chi connectivity index (χ4n) is 2.81. The minimum Gasteiger partial charge on any atom is -0.493 e. The fourth-order valence-corrected chi connectivity index (χ4v) is 2.81. The zero-order chi connectivity index (χ0) is 13.7. The molecule has 1 saturated heterocycles. The molecular formula is C16H25NO2. The number of ether oxygens (including phenoxy) is 2. The van der Waals surface area contributed by atoms with Crippen LogP contribution < -0.4 is 10.1 Å². The maximum atomic E-state index is 5.87. The van der Waals surface area contributed by atoms with Crippen LogP contribution in [0.2, 0.25) is 0 Å². The number of nitrogens with one attached hydrogen (secondary N) is 1. The molecule has 1 aliphatic rings. The van der Waals surface area contributed by atoms with E-state index >= 15 is 0 Å². The van der Waals surface area contributed by atoms with Gasteiger partial charge in [-0.25, -0.2) is 0 Å². The highest BCUT2D eigenvalue weighted by Crippen LogP contribution is 2.35. The van der Waals surface area contributed by atoms with E-state index in [1.165, 1.54) is 5.56 Å². The molecule has 1 heterocycles. The summed E-state index contributed by atoms with van der Waals surface area (Å²) in [6.45, 7) is 5.87. The predicted octanol–water partition coefficient (Wildman–Crippen LogP) is 3.16. The van der Waals surface area contributed by atoms with Gasteiger partial charge in [-0.15, -0.1) is 0 Å². The summed E-state index contributed by atoms with van der Waals surface area (Å²) in [6.07, 6.45) is 2.50. The van der Waals surface area contributed by atoms with Gasteiger partial charge in [-0.1, -0.05) is 25.1 Å². The Balaban J connectivity index is 2.17. The van der Waals surface area contributed by atoms with E-state index in [0.29, 0.717) is 18.1 Å². The van der Waals surface area contributed by atoms with E-state index in [9.17, 15) is 0 Å². The first-order chi connectivity index (χ1) is 9.26. The number of para-hydroxylation sites is 1. The molecule has 1 aromatic carbocycles. The lowest BCUT2D eigenvalue weighted by Gasteiger charge is -2.24. The third-order valence-electron chi connectivity index (χ3n) is 3.73. The molecule has 1 N–H and O–H groups in total. The van der Waals surface area contributed by atoms with Gasteiger partial charge in [0.2, 0.25) is 0 Å². The summed E-state index contributed by atoms with van der Waals surface area (Å²) < 4.78 is 11.6. The molecule has 0 spiro atoms. The Bertz CT molecular complexity index is 394. The third-order valence-corrected chi connectivity index (χ3v) is 3.73. The van der Waals surface area contributed by atoms with Gasteiger partial charge in [-0.3, -0.25) is 0 Å². The first kappa shape index (κ1) is 14.4. The van der Waals surface area contributed by atoms with Crippen molar-refractivity contribution in [3.05, 3.63) is 29.8 Å². The van der Waals surface area contributed by atoms with Gasteiger partial charge < -0.3 is 14.8 Å². The zero-order valence-electron chi connectivity index (χ0n) is 12.2. The van der Waals surface area contributed by atoms with Crippen LogP contribution in [0.4, 0.5) is 0 Å². The Kier molecular flexibility index (Phi) is 5.23. The monoisotopic (exact) mass is 263 g/mol. The van der Waals surface area contributed by atoms with Crippen LogP contribution >= 0.6 is 0 Å². The smallest absolute Gasteiger partial charge is 0.124 e. The lowest BCUT2D eigenvalue weighted by atomic mass is 9.90. The van der Waals surface area contributed by atoms with E-state index in [1.807, 2.05) is 13.1 Å². The average molecular weight is 263 g/mol. The molecule has 106 valence electrons. The molecule has 0 amide bonds. The second kappa shape index (κ2) is 6.92. The molecular weight excluding hydrogens is 238 g/mol. The van der Waals surface area contributed by atoms with E-state index in [4.69, 9.17) is 9.47 Å². The van der Waals surface area contributed by atoms with E-state index in [1.54, 1.807) is 0 Å². The Morgan fingerprint density at radius 1 is 1.42 bits per heavy atom. The highest BCUT2D eigenvalue weighted by molar-refractivity contribution is 5.36. The summed E-state index contributed by atoms with van der Waals surface area (Å²) in [5.41, 5.74) is 1.25. The van der Waals surface area contributed by atoms with Crippen LogP contribution in [0.1, 0.15) is 38.3 Å². The van der Waals surface area contributed by atoms with Crippen molar-refractivity contribution in [1.29, 1.82) is 0 Å². The van der Waals surface area contributed by atoms with Gasteiger partial charge in [0.1, 0.15) is 5.75 Å². The summed E-state index contributed by atoms with van der Waals surface area (Å²) in [5, 5.41) is 3.44. The lowest BCUT2D eigenvalue weighted by molar-refractivity contribution is 0.117. The van der Waals surface area contributed by atoms with E-state index in [-0.39, 0.29) is 0 Å². The summed E-state index contributed by atoms with van der Waals surface area (Å²) >= 11 is 0. The van der Waals surface area contributed by atoms with Crippen molar-refractivity contribution in [3.63, 3.8) is 0 Å². The van der Waals surface area contributed by atoms with Gasteiger partial charge in [0.25, 0.3) is 0 Å². The van der Waals surface area contributed by atoms with Crippen molar-refractivity contribution in [2.45, 2.75) is 38.8 Å². The molecule has 0 saturated carbocycles. The molecule has 0 bridgehead atoms. The molecule has 0 aromatic heterocycles. The Hall–Kier alpha value is -1.06. The van der Waals surface area contributed by atoms with Gasteiger partial charge in [0.05, 0.1) is 19.3 Å². The number of rotatable bonds is 6. The Labute approximate surface area is 116 Å². The van der Waals surface area contributed by atoms with Crippen LogP contribution in [-0.4, -0.2) is 26.4 Å². The third kappa shape index (κ3) is 3.48. The number of hydrogen-bond donors (Lipinski definition) is 1. The zero-order valence-corrected chi connectivity index (χ0v) is 12.2. The number of hydrogen-bond acceptors (Lipinski definition) is 3. The van der Waals surface area contributed by atoms with Crippen LogP contribution in [0, 0.1) is 5.92 Å².